The highest BCUT2D eigenvalue weighted by atomic mass is 16.3. The summed E-state index contributed by atoms with van der Waals surface area (Å²) in [6.07, 6.45) is 16.2. The van der Waals surface area contributed by atoms with Crippen molar-refractivity contribution in [2.24, 2.45) is 10.9 Å². The Morgan fingerprint density at radius 3 is 2.26 bits per heavy atom. The monoisotopic (exact) mass is 738 g/mol. The summed E-state index contributed by atoms with van der Waals surface area (Å²) in [6, 6.07) is 45.2. The Hall–Kier alpha value is -6.89. The van der Waals surface area contributed by atoms with Crippen LogP contribution in [0.2, 0.25) is 0 Å². The third kappa shape index (κ3) is 5.25. The molecule has 0 saturated carbocycles. The Labute approximate surface area is 329 Å². The first-order valence-electron chi connectivity index (χ1n) is 19.9. The lowest BCUT2D eigenvalue weighted by molar-refractivity contribution is 0.328. The Morgan fingerprint density at radius 1 is 0.632 bits per heavy atom. The fourth-order valence-corrected chi connectivity index (χ4v) is 9.33. The summed E-state index contributed by atoms with van der Waals surface area (Å²) in [7, 11) is 0. The number of aliphatic imine (C=N–C) groups is 1. The highest BCUT2D eigenvalue weighted by Crippen LogP contribution is 2.41. The minimum Gasteiger partial charge on any atom is -0.456 e. The van der Waals surface area contributed by atoms with Crippen LogP contribution >= 0.6 is 0 Å². The quantitative estimate of drug-likeness (QED) is 0.184. The second-order valence-corrected chi connectivity index (χ2v) is 15.4. The van der Waals surface area contributed by atoms with Crippen LogP contribution in [-0.4, -0.2) is 16.6 Å². The van der Waals surface area contributed by atoms with Gasteiger partial charge in [0.05, 0.1) is 22.8 Å². The fourth-order valence-electron chi connectivity index (χ4n) is 9.33. The minimum absolute atomic E-state index is 0.0280. The van der Waals surface area contributed by atoms with E-state index in [2.05, 4.69) is 173 Å². The number of furan rings is 2. The van der Waals surface area contributed by atoms with Crippen LogP contribution < -0.4 is 10.6 Å². The predicted molar refractivity (Wildman–Crippen MR) is 233 cm³/mol. The largest absolute Gasteiger partial charge is 0.456 e. The third-order valence-electron chi connectivity index (χ3n) is 12.1. The van der Waals surface area contributed by atoms with Crippen LogP contribution in [0, 0.1) is 5.92 Å². The van der Waals surface area contributed by atoms with E-state index in [-0.39, 0.29) is 12.3 Å². The van der Waals surface area contributed by atoms with Crippen molar-refractivity contribution in [3.05, 3.63) is 180 Å². The van der Waals surface area contributed by atoms with E-state index in [4.69, 9.17) is 13.8 Å². The molecule has 1 aliphatic heterocycles. The van der Waals surface area contributed by atoms with Crippen LogP contribution in [0.25, 0.3) is 77.7 Å². The van der Waals surface area contributed by atoms with Crippen LogP contribution in [0.4, 0.5) is 0 Å². The molecular formula is C51H38N4O2. The molecule has 0 amide bonds. The van der Waals surface area contributed by atoms with Gasteiger partial charge in [-0.05, 0) is 90.6 Å². The number of para-hydroxylation sites is 1. The van der Waals surface area contributed by atoms with Gasteiger partial charge in [-0.2, -0.15) is 0 Å². The molecule has 3 aliphatic rings. The number of allylic oxidation sites excluding steroid dienone is 4. The van der Waals surface area contributed by atoms with Gasteiger partial charge in [0.15, 0.2) is 0 Å². The lowest BCUT2D eigenvalue weighted by Crippen LogP contribution is -2.54. The lowest BCUT2D eigenvalue weighted by atomic mass is 9.95. The van der Waals surface area contributed by atoms with E-state index in [1.165, 1.54) is 22.2 Å². The van der Waals surface area contributed by atoms with E-state index in [0.29, 0.717) is 5.92 Å². The van der Waals surface area contributed by atoms with Crippen molar-refractivity contribution in [3.8, 4) is 16.8 Å². The molecule has 0 radical (unpaired) electrons. The molecule has 0 bridgehead atoms. The van der Waals surface area contributed by atoms with Gasteiger partial charge >= 0.3 is 0 Å². The summed E-state index contributed by atoms with van der Waals surface area (Å²) in [4.78, 5) is 5.23. The van der Waals surface area contributed by atoms with Crippen molar-refractivity contribution in [1.82, 2.24) is 15.2 Å². The molecule has 3 aromatic heterocycles. The molecule has 2 N–H and O–H groups in total. The lowest BCUT2D eigenvalue weighted by Gasteiger charge is -2.35. The van der Waals surface area contributed by atoms with Gasteiger partial charge in [-0.25, -0.2) is 4.99 Å². The first-order valence-corrected chi connectivity index (χ1v) is 19.9. The summed E-state index contributed by atoms with van der Waals surface area (Å²) in [5.74, 6) is 1.21. The van der Waals surface area contributed by atoms with E-state index >= 15 is 0 Å². The van der Waals surface area contributed by atoms with Gasteiger partial charge in [0, 0.05) is 44.3 Å². The maximum absolute atomic E-state index is 6.54. The number of amidine groups is 1. The molecule has 0 spiro atoms. The number of rotatable bonds is 5. The molecule has 3 unspecified atom stereocenters. The average Bonchev–Trinajstić information content (AvgIpc) is 3.95. The molecule has 57 heavy (non-hydrogen) atoms. The average molecular weight is 739 g/mol. The standard InChI is InChI=1S/C51H38N4O2/c1-3-12-31(13-4-1)49-52-50(32-14-5-2-6-15-32)54-51(53-49)35-24-27-45-39(30-35)38-28-33(22-25-44(38)56-45)34-23-26-46-40(29-34)48-43(20-11-21-47(48)57-46)55-41-18-9-7-16-36(41)37-17-8-10-19-42(37)55/h1-9,11-14,16-18,20-30,32,50-51,54H,10,15,19H2,(H,52,53). The number of hydrogen-bond donors (Lipinski definition) is 2. The third-order valence-corrected chi connectivity index (χ3v) is 12.1. The zero-order valence-electron chi connectivity index (χ0n) is 31.2. The minimum atomic E-state index is -0.228. The van der Waals surface area contributed by atoms with E-state index in [9.17, 15) is 0 Å². The molecule has 6 nitrogen and oxygen atoms in total. The highest BCUT2D eigenvalue weighted by Gasteiger charge is 2.29. The Balaban J connectivity index is 0.965. The molecule has 9 aromatic rings. The van der Waals surface area contributed by atoms with Crippen molar-refractivity contribution in [3.63, 3.8) is 0 Å². The van der Waals surface area contributed by atoms with Crippen LogP contribution in [0.1, 0.15) is 41.4 Å². The number of nitrogens with zero attached hydrogens (tertiary/aromatic N) is 2. The van der Waals surface area contributed by atoms with Gasteiger partial charge in [0.25, 0.3) is 0 Å². The van der Waals surface area contributed by atoms with Gasteiger partial charge in [-0.15, -0.1) is 0 Å². The van der Waals surface area contributed by atoms with Crippen LogP contribution in [0.3, 0.4) is 0 Å². The summed E-state index contributed by atoms with van der Waals surface area (Å²) < 4.78 is 15.4. The van der Waals surface area contributed by atoms with Crippen LogP contribution in [0.15, 0.2) is 172 Å². The van der Waals surface area contributed by atoms with Crippen LogP contribution in [0.5, 0.6) is 0 Å². The van der Waals surface area contributed by atoms with Gasteiger partial charge < -0.3 is 18.7 Å². The van der Waals surface area contributed by atoms with Crippen molar-refractivity contribution in [2.75, 3.05) is 0 Å². The van der Waals surface area contributed by atoms with E-state index < -0.39 is 0 Å². The van der Waals surface area contributed by atoms with Gasteiger partial charge in [-0.1, -0.05) is 109 Å². The Bertz CT molecular complexity index is 3190. The van der Waals surface area contributed by atoms with Crippen LogP contribution in [-0.2, 0) is 6.42 Å². The maximum atomic E-state index is 6.54. The first-order chi connectivity index (χ1) is 28.2. The molecule has 3 atom stereocenters. The number of benzene rings is 6. The fraction of sp³-hybridized carbons (Fsp3) is 0.118. The first kappa shape index (κ1) is 32.4. The number of nitrogens with one attached hydrogen (secondary N) is 2. The van der Waals surface area contributed by atoms with Gasteiger partial charge in [0.1, 0.15) is 34.3 Å². The SMILES string of the molecule is C1=CCC(C2NC(c3ccccc3)=NC(c3ccc4oc5ccc(-c6ccc7oc8cccc(-n9c%10c(c%11ccccc%119)C=CCC%10)c8c7c6)cc5c4c3)N2)C=C1. The summed E-state index contributed by atoms with van der Waals surface area (Å²) in [5.41, 5.74) is 13.0. The highest BCUT2D eigenvalue weighted by molar-refractivity contribution is 6.12. The molecule has 6 heteroatoms. The normalized spacial score (nSPS) is 19.2. The van der Waals surface area contributed by atoms with Crippen molar-refractivity contribution < 1.29 is 8.83 Å². The Kier molecular flexibility index (Phi) is 7.29. The number of aromatic nitrogens is 1. The summed E-state index contributed by atoms with van der Waals surface area (Å²) >= 11 is 0. The summed E-state index contributed by atoms with van der Waals surface area (Å²) in [5, 5.41) is 13.2. The van der Waals surface area contributed by atoms with E-state index in [1.807, 2.05) is 6.07 Å². The smallest absolute Gasteiger partial charge is 0.137 e. The molecule has 2 aliphatic carbocycles. The molecule has 12 rings (SSSR count). The predicted octanol–water partition coefficient (Wildman–Crippen LogP) is 12.2. The van der Waals surface area contributed by atoms with Crippen molar-refractivity contribution >= 4 is 66.7 Å². The zero-order chi connectivity index (χ0) is 37.5. The zero-order valence-corrected chi connectivity index (χ0v) is 31.2. The van der Waals surface area contributed by atoms with E-state index in [0.717, 1.165) is 96.9 Å². The molecule has 4 heterocycles. The van der Waals surface area contributed by atoms with E-state index in [1.54, 1.807) is 0 Å². The second kappa shape index (κ2) is 12.8. The van der Waals surface area contributed by atoms with Gasteiger partial charge in [-0.3, -0.25) is 5.32 Å². The summed E-state index contributed by atoms with van der Waals surface area (Å²) in [6.45, 7) is 0. The second-order valence-electron chi connectivity index (χ2n) is 15.4. The molecule has 0 saturated heterocycles. The molecule has 6 aromatic carbocycles. The maximum Gasteiger partial charge on any atom is 0.137 e. The molecular weight excluding hydrogens is 701 g/mol. The molecule has 0 fully saturated rings. The van der Waals surface area contributed by atoms with Crippen molar-refractivity contribution in [1.29, 1.82) is 0 Å². The topological polar surface area (TPSA) is 67.6 Å². The molecule has 274 valence electrons. The Morgan fingerprint density at radius 2 is 1.40 bits per heavy atom. The number of fused-ring (bicyclic) bond motifs is 9. The van der Waals surface area contributed by atoms with Gasteiger partial charge in [0.2, 0.25) is 0 Å². The number of hydrogen-bond acceptors (Lipinski definition) is 5. The van der Waals surface area contributed by atoms with Crippen molar-refractivity contribution in [2.45, 2.75) is 31.6 Å².